The molecule has 0 aliphatic carbocycles. The maximum absolute atomic E-state index is 13.9. The first-order valence-electron chi connectivity index (χ1n) is 14.0. The van der Waals surface area contributed by atoms with Gasteiger partial charge < -0.3 is 19.9 Å². The van der Waals surface area contributed by atoms with E-state index in [1.807, 2.05) is 12.1 Å². The van der Waals surface area contributed by atoms with Gasteiger partial charge in [-0.15, -0.1) is 0 Å². The highest BCUT2D eigenvalue weighted by atomic mass is 16.5. The van der Waals surface area contributed by atoms with Crippen LogP contribution in [0.15, 0.2) is 71.8 Å². The van der Waals surface area contributed by atoms with Crippen LogP contribution in [0.25, 0.3) is 33.4 Å². The lowest BCUT2D eigenvalue weighted by Crippen LogP contribution is -2.44. The van der Waals surface area contributed by atoms with Gasteiger partial charge >= 0.3 is 5.97 Å². The molecule has 0 spiro atoms. The largest absolute Gasteiger partial charge is 0.465 e. The van der Waals surface area contributed by atoms with Gasteiger partial charge in [-0.1, -0.05) is 6.07 Å². The minimum Gasteiger partial charge on any atom is -0.465 e. The maximum Gasteiger partial charge on any atom is 0.337 e. The highest BCUT2D eigenvalue weighted by Gasteiger charge is 2.21. The number of aryl methyl sites for hydroxylation is 1. The van der Waals surface area contributed by atoms with Gasteiger partial charge in [-0.25, -0.2) is 24.4 Å². The summed E-state index contributed by atoms with van der Waals surface area (Å²) in [5.74, 6) is 0.349. The molecule has 0 unspecified atom stereocenters. The fourth-order valence-electron chi connectivity index (χ4n) is 5.61. The fourth-order valence-corrected chi connectivity index (χ4v) is 5.61. The number of piperazine rings is 1. The summed E-state index contributed by atoms with van der Waals surface area (Å²) in [7, 11) is 3.47. The van der Waals surface area contributed by atoms with Crippen molar-refractivity contribution in [3.8, 4) is 5.82 Å². The van der Waals surface area contributed by atoms with Crippen molar-refractivity contribution in [1.29, 1.82) is 0 Å². The molecule has 0 amide bonds. The molecule has 0 atom stereocenters. The topological polar surface area (TPSA) is 123 Å². The van der Waals surface area contributed by atoms with Crippen molar-refractivity contribution in [3.05, 3.63) is 88.5 Å². The van der Waals surface area contributed by atoms with E-state index >= 15 is 0 Å². The van der Waals surface area contributed by atoms with Crippen LogP contribution in [0.2, 0.25) is 0 Å². The molecule has 1 aliphatic heterocycles. The Labute approximate surface area is 246 Å². The van der Waals surface area contributed by atoms with Gasteiger partial charge in [-0.05, 0) is 68.1 Å². The van der Waals surface area contributed by atoms with Crippen LogP contribution >= 0.6 is 0 Å². The van der Waals surface area contributed by atoms with Gasteiger partial charge in [0, 0.05) is 55.3 Å². The first-order chi connectivity index (χ1) is 20.9. The number of carbonyl (C=O) groups excluding carboxylic acids is 1. The normalized spacial score (nSPS) is 14.1. The van der Waals surface area contributed by atoms with Crippen LogP contribution in [-0.2, 0) is 4.74 Å². The van der Waals surface area contributed by atoms with Crippen LogP contribution in [0.3, 0.4) is 0 Å². The first-order valence-corrected chi connectivity index (χ1v) is 14.0. The third kappa shape index (κ3) is 4.61. The van der Waals surface area contributed by atoms with Crippen molar-refractivity contribution in [2.45, 2.75) is 6.92 Å². The molecular weight excluding hydrogens is 546 g/mol. The van der Waals surface area contributed by atoms with Gasteiger partial charge in [-0.3, -0.25) is 4.79 Å². The summed E-state index contributed by atoms with van der Waals surface area (Å²) in [6.07, 6.45) is 3.13. The molecule has 1 saturated heterocycles. The van der Waals surface area contributed by atoms with Crippen LogP contribution in [0, 0.1) is 6.92 Å². The number of rotatable bonds is 5. The van der Waals surface area contributed by atoms with Gasteiger partial charge in [0.2, 0.25) is 5.95 Å². The van der Waals surface area contributed by atoms with Crippen molar-refractivity contribution in [3.63, 3.8) is 0 Å². The average molecular weight is 576 g/mol. The number of anilines is 3. The number of nitrogens with one attached hydrogen (secondary N) is 1. The second kappa shape index (κ2) is 10.5. The van der Waals surface area contributed by atoms with Crippen LogP contribution in [0.1, 0.15) is 15.9 Å². The summed E-state index contributed by atoms with van der Waals surface area (Å²) in [6, 6.07) is 16.7. The van der Waals surface area contributed by atoms with Crippen molar-refractivity contribution in [1.82, 2.24) is 34.0 Å². The highest BCUT2D eigenvalue weighted by molar-refractivity contribution is 6.01. The number of likely N-dealkylation sites (N-methyl/N-ethyl adjacent to an activating group) is 1. The van der Waals surface area contributed by atoms with Gasteiger partial charge in [-0.2, -0.15) is 9.50 Å². The van der Waals surface area contributed by atoms with Crippen molar-refractivity contribution in [2.24, 2.45) is 0 Å². The third-order valence-corrected chi connectivity index (χ3v) is 7.85. The van der Waals surface area contributed by atoms with Gasteiger partial charge in [0.05, 0.1) is 18.2 Å². The molecule has 7 rings (SSSR count). The standard InChI is InChI=1S/C31H29N9O3/c1-19-16-21(8-10-24(19)38-14-12-37(2)13-15-38)34-31-33-18-23-27(36-31)35-28-22-17-20(30(42)43-3)7-9-25(22)39(40(28)29(23)41)26-6-4-5-11-32-26/h4-11,16-18H,12-15H2,1-3H3,(H,33,34,36). The monoisotopic (exact) mass is 575 g/mol. The average Bonchev–Trinajstić information content (AvgIpc) is 3.35. The van der Waals surface area contributed by atoms with Crippen LogP contribution < -0.4 is 15.8 Å². The summed E-state index contributed by atoms with van der Waals surface area (Å²) in [5, 5.41) is 4.09. The predicted molar refractivity (Wildman–Crippen MR) is 165 cm³/mol. The lowest BCUT2D eigenvalue weighted by atomic mass is 10.1. The molecular formula is C31H29N9O3. The third-order valence-electron chi connectivity index (χ3n) is 7.85. The van der Waals surface area contributed by atoms with E-state index in [2.05, 4.69) is 56.2 Å². The summed E-state index contributed by atoms with van der Waals surface area (Å²) >= 11 is 0. The molecule has 0 bridgehead atoms. The maximum atomic E-state index is 13.9. The molecule has 0 saturated carbocycles. The molecule has 12 nitrogen and oxygen atoms in total. The lowest BCUT2D eigenvalue weighted by molar-refractivity contribution is 0.0601. The van der Waals surface area contributed by atoms with Crippen molar-refractivity contribution < 1.29 is 9.53 Å². The Morgan fingerprint density at radius 1 is 0.953 bits per heavy atom. The number of fused-ring (bicyclic) bond motifs is 4. The number of hydrogen-bond acceptors (Lipinski definition) is 10. The van der Waals surface area contributed by atoms with Gasteiger partial charge in [0.1, 0.15) is 5.39 Å². The minimum atomic E-state index is -0.489. The van der Waals surface area contributed by atoms with E-state index in [9.17, 15) is 9.59 Å². The molecule has 12 heteroatoms. The van der Waals surface area contributed by atoms with Gasteiger partial charge in [0.15, 0.2) is 17.1 Å². The number of carbonyl (C=O) groups is 1. The fraction of sp³-hybridized carbons (Fsp3) is 0.226. The Balaban J connectivity index is 1.32. The lowest BCUT2D eigenvalue weighted by Gasteiger charge is -2.35. The number of benzene rings is 2. The second-order valence-electron chi connectivity index (χ2n) is 10.6. The minimum absolute atomic E-state index is 0.233. The summed E-state index contributed by atoms with van der Waals surface area (Å²) in [4.78, 5) is 49.3. The summed E-state index contributed by atoms with van der Waals surface area (Å²) in [5.41, 5.74) is 4.39. The molecule has 216 valence electrons. The molecule has 2 aromatic carbocycles. The Bertz CT molecular complexity index is 2080. The van der Waals surface area contributed by atoms with E-state index in [1.54, 1.807) is 41.2 Å². The summed E-state index contributed by atoms with van der Waals surface area (Å²) < 4.78 is 8.04. The van der Waals surface area contributed by atoms with Gasteiger partial charge in [0.25, 0.3) is 5.56 Å². The molecule has 4 aromatic heterocycles. The van der Waals surface area contributed by atoms with E-state index < -0.39 is 5.97 Å². The molecule has 1 N–H and O–H groups in total. The van der Waals surface area contributed by atoms with Crippen LogP contribution in [0.5, 0.6) is 0 Å². The Hall–Kier alpha value is -5.36. The number of nitrogens with zero attached hydrogens (tertiary/aromatic N) is 8. The smallest absolute Gasteiger partial charge is 0.337 e. The number of ether oxygens (including phenoxy) is 1. The molecule has 0 radical (unpaired) electrons. The Morgan fingerprint density at radius 2 is 1.79 bits per heavy atom. The Morgan fingerprint density at radius 3 is 2.53 bits per heavy atom. The van der Waals surface area contributed by atoms with E-state index in [-0.39, 0.29) is 16.6 Å². The number of esters is 1. The number of aromatic nitrogens is 6. The summed E-state index contributed by atoms with van der Waals surface area (Å²) in [6.45, 7) is 6.15. The zero-order valence-electron chi connectivity index (χ0n) is 24.0. The SMILES string of the molecule is COC(=O)c1ccc2c(c1)c1nc3nc(Nc4ccc(N5CCN(C)CC5)c(C)c4)ncc3c(=O)n1n2-c1ccccn1. The van der Waals surface area contributed by atoms with Crippen molar-refractivity contribution in [2.75, 3.05) is 50.6 Å². The second-order valence-corrected chi connectivity index (χ2v) is 10.6. The first kappa shape index (κ1) is 26.5. The van der Waals surface area contributed by atoms with Crippen LogP contribution in [-0.4, -0.2) is 80.3 Å². The van der Waals surface area contributed by atoms with E-state index in [4.69, 9.17) is 9.72 Å². The molecule has 6 aromatic rings. The zero-order valence-corrected chi connectivity index (χ0v) is 24.0. The molecule has 1 aliphatic rings. The molecule has 43 heavy (non-hydrogen) atoms. The number of methoxy groups -OCH3 is 1. The van der Waals surface area contributed by atoms with Crippen molar-refractivity contribution >= 4 is 50.9 Å². The van der Waals surface area contributed by atoms with E-state index in [0.717, 1.165) is 37.4 Å². The predicted octanol–water partition coefficient (Wildman–Crippen LogP) is 3.57. The molecule has 1 fully saturated rings. The van der Waals surface area contributed by atoms with Crippen LogP contribution in [0.4, 0.5) is 17.3 Å². The van der Waals surface area contributed by atoms with E-state index in [0.29, 0.717) is 33.9 Å². The number of pyridine rings is 1. The zero-order chi connectivity index (χ0) is 29.7. The molecule has 5 heterocycles. The quantitative estimate of drug-likeness (QED) is 0.305. The number of hydrogen-bond donors (Lipinski definition) is 1. The highest BCUT2D eigenvalue weighted by Crippen LogP contribution is 2.28. The Kier molecular flexibility index (Phi) is 6.47. The van der Waals surface area contributed by atoms with E-state index in [1.165, 1.54) is 23.5 Å².